The van der Waals surface area contributed by atoms with E-state index in [4.69, 9.17) is 22.1 Å². The minimum absolute atomic E-state index is 0.132. The first-order valence-electron chi connectivity index (χ1n) is 12.7. The fraction of sp³-hybridized carbons (Fsp3) is 0.345. The van der Waals surface area contributed by atoms with Crippen molar-refractivity contribution in [1.82, 2.24) is 5.32 Å². The first-order valence-corrected chi connectivity index (χ1v) is 13.0. The Balaban J connectivity index is 1.62. The number of hydrogen-bond donors (Lipinski definition) is 2. The molecule has 0 spiro atoms. The molecule has 9 heteroatoms. The molecule has 1 fully saturated rings. The summed E-state index contributed by atoms with van der Waals surface area (Å²) in [5, 5.41) is 3.81. The summed E-state index contributed by atoms with van der Waals surface area (Å²) in [4.78, 5) is 12.3. The molecular weight excluding hydrogens is 517 g/mol. The number of hydrogen-bond acceptors (Lipinski definition) is 4. The molecule has 1 atom stereocenters. The van der Waals surface area contributed by atoms with Gasteiger partial charge in [0.2, 0.25) is 5.91 Å². The van der Waals surface area contributed by atoms with Crippen molar-refractivity contribution in [2.75, 3.05) is 6.54 Å². The number of primary amides is 1. The SMILES string of the molecule is NC(=O)c1ccc(OC(F)F)c(F)c1-c1c(Cl)ccc2c1CC(CNC1CCCCC1)(c1ccccc1)O2. The fourth-order valence-corrected chi connectivity index (χ4v) is 5.86. The molecule has 1 aliphatic carbocycles. The monoisotopic (exact) mass is 544 g/mol. The molecule has 1 aliphatic heterocycles. The Hall–Kier alpha value is -3.23. The summed E-state index contributed by atoms with van der Waals surface area (Å²) in [6, 6.07) is 15.4. The zero-order chi connectivity index (χ0) is 26.9. The Kier molecular flexibility index (Phi) is 7.54. The van der Waals surface area contributed by atoms with Gasteiger partial charge in [-0.25, -0.2) is 4.39 Å². The van der Waals surface area contributed by atoms with Gasteiger partial charge < -0.3 is 20.5 Å². The van der Waals surface area contributed by atoms with Gasteiger partial charge in [0, 0.05) is 40.7 Å². The van der Waals surface area contributed by atoms with Crippen LogP contribution >= 0.6 is 11.6 Å². The number of nitrogens with one attached hydrogen (secondary N) is 1. The number of nitrogens with two attached hydrogens (primary N) is 1. The number of rotatable bonds is 8. The predicted octanol–water partition coefficient (Wildman–Crippen LogP) is 6.60. The molecule has 0 saturated heterocycles. The molecule has 5 nitrogen and oxygen atoms in total. The molecule has 2 aliphatic rings. The molecule has 5 rings (SSSR count). The van der Waals surface area contributed by atoms with Gasteiger partial charge in [0.15, 0.2) is 17.2 Å². The van der Waals surface area contributed by atoms with Crippen LogP contribution in [0.15, 0.2) is 54.6 Å². The van der Waals surface area contributed by atoms with E-state index in [0.717, 1.165) is 24.5 Å². The molecule has 3 aromatic carbocycles. The Labute approximate surface area is 224 Å². The van der Waals surface area contributed by atoms with Crippen LogP contribution in [0.2, 0.25) is 5.02 Å². The van der Waals surface area contributed by atoms with Crippen LogP contribution < -0.4 is 20.5 Å². The Bertz CT molecular complexity index is 1330. The number of carbonyl (C=O) groups excluding carboxylic acids is 1. The van der Waals surface area contributed by atoms with Gasteiger partial charge in [-0.05, 0) is 42.7 Å². The number of alkyl halides is 2. The summed E-state index contributed by atoms with van der Waals surface area (Å²) in [5.74, 6) is -2.31. The zero-order valence-corrected chi connectivity index (χ0v) is 21.4. The average Bonchev–Trinajstić information content (AvgIpc) is 3.30. The molecule has 3 N–H and O–H groups in total. The molecule has 0 bridgehead atoms. The molecule has 0 aromatic heterocycles. The Morgan fingerprint density at radius 3 is 2.50 bits per heavy atom. The van der Waals surface area contributed by atoms with E-state index in [0.29, 0.717) is 30.3 Å². The second-order valence-electron chi connectivity index (χ2n) is 9.80. The fourth-order valence-electron chi connectivity index (χ4n) is 5.59. The van der Waals surface area contributed by atoms with E-state index in [9.17, 15) is 13.6 Å². The largest absolute Gasteiger partial charge is 0.481 e. The maximum atomic E-state index is 15.7. The maximum Gasteiger partial charge on any atom is 0.387 e. The average molecular weight is 545 g/mol. The summed E-state index contributed by atoms with van der Waals surface area (Å²) in [6.45, 7) is -2.76. The lowest BCUT2D eigenvalue weighted by Crippen LogP contribution is -2.46. The third-order valence-electron chi connectivity index (χ3n) is 7.41. The predicted molar refractivity (Wildman–Crippen MR) is 139 cm³/mol. The lowest BCUT2D eigenvalue weighted by molar-refractivity contribution is -0.0521. The van der Waals surface area contributed by atoms with Gasteiger partial charge in [-0.1, -0.05) is 61.2 Å². The van der Waals surface area contributed by atoms with Gasteiger partial charge in [0.1, 0.15) is 5.75 Å². The lowest BCUT2D eigenvalue weighted by atomic mass is 9.84. The smallest absolute Gasteiger partial charge is 0.387 e. The van der Waals surface area contributed by atoms with Crippen LogP contribution in [-0.2, 0) is 12.0 Å². The third kappa shape index (κ3) is 5.07. The van der Waals surface area contributed by atoms with Crippen molar-refractivity contribution in [1.29, 1.82) is 0 Å². The highest BCUT2D eigenvalue weighted by molar-refractivity contribution is 6.34. The van der Waals surface area contributed by atoms with Gasteiger partial charge in [-0.3, -0.25) is 4.79 Å². The third-order valence-corrected chi connectivity index (χ3v) is 7.72. The van der Waals surface area contributed by atoms with E-state index in [-0.39, 0.29) is 21.7 Å². The highest BCUT2D eigenvalue weighted by Crippen LogP contribution is 2.49. The summed E-state index contributed by atoms with van der Waals surface area (Å²) < 4.78 is 52.7. The molecular formula is C29H28ClF3N2O3. The van der Waals surface area contributed by atoms with Crippen molar-refractivity contribution in [3.05, 3.63) is 82.1 Å². The van der Waals surface area contributed by atoms with Gasteiger partial charge in [0.25, 0.3) is 0 Å². The van der Waals surface area contributed by atoms with Crippen molar-refractivity contribution in [2.24, 2.45) is 5.73 Å². The van der Waals surface area contributed by atoms with Crippen LogP contribution in [0.3, 0.4) is 0 Å². The molecule has 0 radical (unpaired) electrons. The molecule has 38 heavy (non-hydrogen) atoms. The van der Waals surface area contributed by atoms with Gasteiger partial charge in [-0.2, -0.15) is 8.78 Å². The van der Waals surface area contributed by atoms with E-state index in [1.165, 1.54) is 31.4 Å². The van der Waals surface area contributed by atoms with E-state index in [2.05, 4.69) is 10.1 Å². The zero-order valence-electron chi connectivity index (χ0n) is 20.6. The Morgan fingerprint density at radius 1 is 1.08 bits per heavy atom. The minimum Gasteiger partial charge on any atom is -0.481 e. The maximum absolute atomic E-state index is 15.7. The molecule has 200 valence electrons. The number of benzene rings is 3. The highest BCUT2D eigenvalue weighted by atomic mass is 35.5. The number of ether oxygens (including phenoxy) is 2. The molecule has 1 unspecified atom stereocenters. The van der Waals surface area contributed by atoms with Crippen LogP contribution in [0, 0.1) is 5.82 Å². The first-order chi connectivity index (χ1) is 18.3. The van der Waals surface area contributed by atoms with E-state index < -0.39 is 29.7 Å². The highest BCUT2D eigenvalue weighted by Gasteiger charge is 2.43. The normalized spacial score (nSPS) is 19.3. The van der Waals surface area contributed by atoms with Crippen LogP contribution in [-0.4, -0.2) is 25.1 Å². The first kappa shape index (κ1) is 26.4. The van der Waals surface area contributed by atoms with Crippen molar-refractivity contribution in [3.63, 3.8) is 0 Å². The Morgan fingerprint density at radius 2 is 1.82 bits per heavy atom. The van der Waals surface area contributed by atoms with Crippen LogP contribution in [0.1, 0.15) is 53.6 Å². The number of halogens is 4. The standard InChI is InChI=1S/C29H28ClF3N2O3/c30-21-12-14-22-20(24(21)25-19(27(34)36)11-13-23(26(25)31)37-28(32)33)15-29(38-22,17-7-3-1-4-8-17)16-35-18-9-5-2-6-10-18/h1,3-4,7-8,11-14,18,28,35H,2,5-6,9-10,15-16H2,(H2,34,36). The summed E-state index contributed by atoms with van der Waals surface area (Å²) >= 11 is 6.61. The van der Waals surface area contributed by atoms with E-state index in [1.54, 1.807) is 6.07 Å². The van der Waals surface area contributed by atoms with Crippen molar-refractivity contribution in [2.45, 2.75) is 56.8 Å². The van der Waals surface area contributed by atoms with Crippen LogP contribution in [0.25, 0.3) is 11.1 Å². The van der Waals surface area contributed by atoms with Gasteiger partial charge >= 0.3 is 6.61 Å². The number of amides is 1. The molecule has 1 saturated carbocycles. The summed E-state index contributed by atoms with van der Waals surface area (Å²) in [6.07, 6.45) is 6.04. The van der Waals surface area contributed by atoms with Crippen molar-refractivity contribution >= 4 is 17.5 Å². The number of fused-ring (bicyclic) bond motifs is 1. The van der Waals surface area contributed by atoms with Gasteiger partial charge in [0.05, 0.1) is 5.56 Å². The van der Waals surface area contributed by atoms with Crippen LogP contribution in [0.5, 0.6) is 11.5 Å². The molecule has 1 heterocycles. The summed E-state index contributed by atoms with van der Waals surface area (Å²) in [5.41, 5.74) is 5.90. The van der Waals surface area contributed by atoms with Crippen LogP contribution in [0.4, 0.5) is 13.2 Å². The second kappa shape index (κ2) is 10.9. The second-order valence-corrected chi connectivity index (χ2v) is 10.2. The van der Waals surface area contributed by atoms with E-state index in [1.807, 2.05) is 30.3 Å². The van der Waals surface area contributed by atoms with Crippen molar-refractivity contribution in [3.8, 4) is 22.6 Å². The van der Waals surface area contributed by atoms with Gasteiger partial charge in [-0.15, -0.1) is 0 Å². The lowest BCUT2D eigenvalue weighted by Gasteiger charge is -2.33. The minimum atomic E-state index is -3.26. The molecule has 3 aromatic rings. The van der Waals surface area contributed by atoms with E-state index >= 15 is 4.39 Å². The summed E-state index contributed by atoms with van der Waals surface area (Å²) in [7, 11) is 0. The number of carbonyl (C=O) groups is 1. The van der Waals surface area contributed by atoms with Crippen molar-refractivity contribution < 1.29 is 27.4 Å². The molecule has 1 amide bonds. The quantitative estimate of drug-likeness (QED) is 0.335. The topological polar surface area (TPSA) is 73.6 Å².